The molecule has 0 saturated carbocycles. The molecule has 0 saturated heterocycles. The number of nitrogens with one attached hydrogen (secondary N) is 1. The summed E-state index contributed by atoms with van der Waals surface area (Å²) in [5.74, 6) is 0.757. The summed E-state index contributed by atoms with van der Waals surface area (Å²) >= 11 is 0. The molecule has 0 heterocycles. The van der Waals surface area contributed by atoms with Crippen molar-refractivity contribution < 1.29 is 14.6 Å². The Labute approximate surface area is 95.2 Å². The van der Waals surface area contributed by atoms with Gasteiger partial charge in [0, 0.05) is 12.6 Å². The van der Waals surface area contributed by atoms with Crippen molar-refractivity contribution in [2.24, 2.45) is 0 Å². The molecule has 0 atom stereocenters. The molecule has 90 valence electrons. The van der Waals surface area contributed by atoms with E-state index >= 15 is 0 Å². The number of hydrogen-bond acceptors (Lipinski definition) is 5. The molecule has 5 nitrogen and oxygen atoms in total. The number of methoxy groups -OCH3 is 1. The average molecular weight is 226 g/mol. The molecule has 0 aliphatic rings. The van der Waals surface area contributed by atoms with E-state index in [-0.39, 0.29) is 6.61 Å². The van der Waals surface area contributed by atoms with Crippen LogP contribution >= 0.6 is 0 Å². The van der Waals surface area contributed by atoms with Crippen LogP contribution in [0.5, 0.6) is 5.75 Å². The lowest BCUT2D eigenvalue weighted by Gasteiger charge is -2.10. The maximum atomic E-state index is 8.51. The Kier molecular flexibility index (Phi) is 5.45. The van der Waals surface area contributed by atoms with Crippen LogP contribution in [0.4, 0.5) is 11.4 Å². The Hall–Kier alpha value is -1.46. The Morgan fingerprint density at radius 1 is 1.38 bits per heavy atom. The van der Waals surface area contributed by atoms with Crippen LogP contribution in [0.2, 0.25) is 0 Å². The summed E-state index contributed by atoms with van der Waals surface area (Å²) in [6.45, 7) is 1.56. The van der Waals surface area contributed by atoms with Crippen LogP contribution in [0.1, 0.15) is 0 Å². The molecule has 0 unspecified atom stereocenters. The third-order valence-electron chi connectivity index (χ3n) is 2.06. The molecule has 0 radical (unpaired) electrons. The first kappa shape index (κ1) is 12.6. The number of hydrogen-bond donors (Lipinski definition) is 3. The summed E-state index contributed by atoms with van der Waals surface area (Å²) in [7, 11) is 1.61. The molecule has 0 bridgehead atoms. The summed E-state index contributed by atoms with van der Waals surface area (Å²) in [4.78, 5) is 0. The lowest BCUT2D eigenvalue weighted by atomic mass is 10.2. The van der Waals surface area contributed by atoms with Crippen LogP contribution in [0, 0.1) is 0 Å². The van der Waals surface area contributed by atoms with E-state index in [9.17, 15) is 0 Å². The Balaban J connectivity index is 2.40. The molecule has 0 aliphatic carbocycles. The average Bonchev–Trinajstić information content (AvgIpc) is 2.31. The van der Waals surface area contributed by atoms with E-state index in [1.807, 2.05) is 12.1 Å². The highest BCUT2D eigenvalue weighted by Crippen LogP contribution is 2.23. The first-order valence-corrected chi connectivity index (χ1v) is 5.14. The number of aliphatic hydroxyl groups is 1. The monoisotopic (exact) mass is 226 g/mol. The van der Waals surface area contributed by atoms with Gasteiger partial charge in [-0.3, -0.25) is 0 Å². The van der Waals surface area contributed by atoms with E-state index in [0.717, 1.165) is 11.4 Å². The molecule has 1 aromatic carbocycles. The van der Waals surface area contributed by atoms with Crippen LogP contribution in [-0.4, -0.2) is 38.6 Å². The number of nitrogen functional groups attached to an aromatic ring is 1. The Morgan fingerprint density at radius 3 is 2.88 bits per heavy atom. The van der Waals surface area contributed by atoms with Gasteiger partial charge in [-0.25, -0.2) is 0 Å². The number of nitrogens with two attached hydrogens (primary N) is 1. The standard InChI is InChI=1S/C11H18N2O3/c1-15-9-2-3-10(12)11(8-9)13-4-6-16-7-5-14/h2-3,8,13-14H,4-7,12H2,1H3. The first-order chi connectivity index (χ1) is 7.77. The van der Waals surface area contributed by atoms with Crippen LogP contribution in [0.25, 0.3) is 0 Å². The summed E-state index contributed by atoms with van der Waals surface area (Å²) in [5.41, 5.74) is 7.28. The highest BCUT2D eigenvalue weighted by molar-refractivity contribution is 5.68. The number of rotatable bonds is 7. The fraction of sp³-hybridized carbons (Fsp3) is 0.455. The van der Waals surface area contributed by atoms with Gasteiger partial charge in [-0.1, -0.05) is 0 Å². The van der Waals surface area contributed by atoms with Gasteiger partial charge in [-0.15, -0.1) is 0 Å². The van der Waals surface area contributed by atoms with Crippen molar-refractivity contribution >= 4 is 11.4 Å². The fourth-order valence-electron chi connectivity index (χ4n) is 1.24. The van der Waals surface area contributed by atoms with Gasteiger partial charge in [0.15, 0.2) is 0 Å². The molecule has 0 fully saturated rings. The van der Waals surface area contributed by atoms with Gasteiger partial charge in [-0.05, 0) is 12.1 Å². The van der Waals surface area contributed by atoms with E-state index in [4.69, 9.17) is 20.3 Å². The van der Waals surface area contributed by atoms with Crippen molar-refractivity contribution in [3.8, 4) is 5.75 Å². The van der Waals surface area contributed by atoms with Crippen LogP contribution in [-0.2, 0) is 4.74 Å². The van der Waals surface area contributed by atoms with Crippen molar-refractivity contribution in [1.29, 1.82) is 0 Å². The van der Waals surface area contributed by atoms with E-state index < -0.39 is 0 Å². The third-order valence-corrected chi connectivity index (χ3v) is 2.06. The van der Waals surface area contributed by atoms with Crippen molar-refractivity contribution in [3.63, 3.8) is 0 Å². The minimum Gasteiger partial charge on any atom is -0.497 e. The second kappa shape index (κ2) is 6.92. The second-order valence-corrected chi connectivity index (χ2v) is 3.22. The number of aliphatic hydroxyl groups excluding tert-OH is 1. The van der Waals surface area contributed by atoms with Gasteiger partial charge in [0.1, 0.15) is 5.75 Å². The smallest absolute Gasteiger partial charge is 0.121 e. The zero-order chi connectivity index (χ0) is 11.8. The van der Waals surface area contributed by atoms with Crippen LogP contribution in [0.3, 0.4) is 0 Å². The van der Waals surface area contributed by atoms with Crippen molar-refractivity contribution in [1.82, 2.24) is 0 Å². The van der Waals surface area contributed by atoms with E-state index in [1.165, 1.54) is 0 Å². The molecule has 4 N–H and O–H groups in total. The molecule has 5 heteroatoms. The molecule has 0 aromatic heterocycles. The van der Waals surface area contributed by atoms with Gasteiger partial charge in [0.25, 0.3) is 0 Å². The molecular weight excluding hydrogens is 208 g/mol. The van der Waals surface area contributed by atoms with Gasteiger partial charge >= 0.3 is 0 Å². The quantitative estimate of drug-likeness (QED) is 0.471. The highest BCUT2D eigenvalue weighted by atomic mass is 16.5. The predicted molar refractivity (Wildman–Crippen MR) is 63.8 cm³/mol. The minimum atomic E-state index is 0.0430. The first-order valence-electron chi connectivity index (χ1n) is 5.14. The topological polar surface area (TPSA) is 76.7 Å². The lowest BCUT2D eigenvalue weighted by molar-refractivity contribution is 0.0992. The maximum absolute atomic E-state index is 8.51. The number of ether oxygens (including phenoxy) is 2. The summed E-state index contributed by atoms with van der Waals surface area (Å²) in [6, 6.07) is 5.43. The van der Waals surface area contributed by atoms with Crippen LogP contribution in [0.15, 0.2) is 18.2 Å². The van der Waals surface area contributed by atoms with Gasteiger partial charge in [-0.2, -0.15) is 0 Å². The van der Waals surface area contributed by atoms with Gasteiger partial charge in [0.05, 0.1) is 38.3 Å². The Morgan fingerprint density at radius 2 is 2.19 bits per heavy atom. The van der Waals surface area contributed by atoms with E-state index in [1.54, 1.807) is 13.2 Å². The third kappa shape index (κ3) is 3.96. The fourth-order valence-corrected chi connectivity index (χ4v) is 1.24. The van der Waals surface area contributed by atoms with Gasteiger partial charge in [0.2, 0.25) is 0 Å². The summed E-state index contributed by atoms with van der Waals surface area (Å²) in [6.07, 6.45) is 0. The van der Waals surface area contributed by atoms with Crippen molar-refractivity contribution in [3.05, 3.63) is 18.2 Å². The number of anilines is 2. The van der Waals surface area contributed by atoms with Crippen LogP contribution < -0.4 is 15.8 Å². The minimum absolute atomic E-state index is 0.0430. The van der Waals surface area contributed by atoms with Gasteiger partial charge < -0.3 is 25.6 Å². The molecule has 0 amide bonds. The van der Waals surface area contributed by atoms with Crippen molar-refractivity contribution in [2.45, 2.75) is 0 Å². The Bertz CT molecular complexity index is 318. The largest absolute Gasteiger partial charge is 0.497 e. The normalized spacial score (nSPS) is 10.1. The highest BCUT2D eigenvalue weighted by Gasteiger charge is 2.00. The molecular formula is C11H18N2O3. The lowest BCUT2D eigenvalue weighted by Crippen LogP contribution is -2.12. The SMILES string of the molecule is COc1ccc(N)c(NCCOCCO)c1. The van der Waals surface area contributed by atoms with E-state index in [0.29, 0.717) is 25.4 Å². The number of benzene rings is 1. The molecule has 16 heavy (non-hydrogen) atoms. The summed E-state index contributed by atoms with van der Waals surface area (Å²) < 4.78 is 10.2. The van der Waals surface area contributed by atoms with Crippen molar-refractivity contribution in [2.75, 3.05) is 44.5 Å². The molecule has 0 aliphatic heterocycles. The molecule has 0 spiro atoms. The second-order valence-electron chi connectivity index (χ2n) is 3.22. The summed E-state index contributed by atoms with van der Waals surface area (Å²) in [5, 5.41) is 11.6. The molecule has 1 rings (SSSR count). The van der Waals surface area contributed by atoms with E-state index in [2.05, 4.69) is 5.32 Å². The maximum Gasteiger partial charge on any atom is 0.121 e. The zero-order valence-electron chi connectivity index (χ0n) is 9.40. The predicted octanol–water partition coefficient (Wildman–Crippen LogP) is 0.698. The zero-order valence-corrected chi connectivity index (χ0v) is 9.40. The molecule has 1 aromatic rings.